The zero-order chi connectivity index (χ0) is 16.7. The Morgan fingerprint density at radius 3 is 2.92 bits per heavy atom. The number of hydrogen-bond acceptors (Lipinski definition) is 5. The quantitative estimate of drug-likeness (QED) is 0.694. The van der Waals surface area contributed by atoms with Crippen molar-refractivity contribution in [1.82, 2.24) is 14.9 Å². The van der Waals surface area contributed by atoms with Gasteiger partial charge in [-0.2, -0.15) is 0 Å². The molecule has 6 nitrogen and oxygen atoms in total. The second-order valence-corrected chi connectivity index (χ2v) is 5.79. The summed E-state index contributed by atoms with van der Waals surface area (Å²) in [6.45, 7) is 1.22. The van der Waals surface area contributed by atoms with Crippen molar-refractivity contribution in [1.29, 1.82) is 0 Å². The Morgan fingerprint density at radius 2 is 2.25 bits per heavy atom. The molecule has 0 aliphatic heterocycles. The summed E-state index contributed by atoms with van der Waals surface area (Å²) >= 11 is 1.36. The zero-order valence-corrected chi connectivity index (χ0v) is 15.0. The molecule has 0 atom stereocenters. The van der Waals surface area contributed by atoms with Crippen molar-refractivity contribution in [3.05, 3.63) is 36.4 Å². The number of halogens is 2. The molecule has 1 aromatic heterocycles. The summed E-state index contributed by atoms with van der Waals surface area (Å²) in [4.78, 5) is 16.9. The Bertz CT molecular complexity index is 669. The fourth-order valence-corrected chi connectivity index (χ4v) is 2.68. The molecule has 0 spiro atoms. The minimum atomic E-state index is -0.406. The molecule has 2 aromatic rings. The lowest BCUT2D eigenvalue weighted by Crippen LogP contribution is -2.30. The molecule has 2 N–H and O–H groups in total. The Hall–Kier alpha value is -1.61. The van der Waals surface area contributed by atoms with Crippen LogP contribution in [0.2, 0.25) is 0 Å². The van der Waals surface area contributed by atoms with E-state index in [0.29, 0.717) is 18.8 Å². The molecule has 24 heavy (non-hydrogen) atoms. The number of nitrogens with one attached hydrogen (secondary N) is 2. The molecular formula is C15H20ClFN4O2S. The number of methoxy groups -OCH3 is 1. The standard InChI is InChI=1S/C15H19FN4O2S.ClH/c1-20-7-5-18-15(20)23-13-4-3-11(16)9-12(13)19-14(21)10-17-6-8-22-2;/h3-5,7,9,17H,6,8,10H2,1-2H3,(H,19,21);1H. The summed E-state index contributed by atoms with van der Waals surface area (Å²) in [7, 11) is 3.46. The number of carbonyl (C=O) groups is 1. The highest BCUT2D eigenvalue weighted by Crippen LogP contribution is 2.32. The van der Waals surface area contributed by atoms with E-state index in [4.69, 9.17) is 4.74 Å². The number of rotatable bonds is 8. The van der Waals surface area contributed by atoms with Gasteiger partial charge in [0, 0.05) is 38.0 Å². The highest BCUT2D eigenvalue weighted by Gasteiger charge is 2.11. The van der Waals surface area contributed by atoms with Gasteiger partial charge in [-0.05, 0) is 30.0 Å². The van der Waals surface area contributed by atoms with Crippen molar-refractivity contribution in [2.24, 2.45) is 7.05 Å². The first-order valence-corrected chi connectivity index (χ1v) is 7.86. The summed E-state index contributed by atoms with van der Waals surface area (Å²) in [6.07, 6.45) is 3.51. The maximum absolute atomic E-state index is 13.5. The summed E-state index contributed by atoms with van der Waals surface area (Å²) in [5, 5.41) is 6.42. The number of anilines is 1. The first-order valence-electron chi connectivity index (χ1n) is 7.04. The topological polar surface area (TPSA) is 68.2 Å². The fourth-order valence-electron chi connectivity index (χ4n) is 1.81. The first-order chi connectivity index (χ1) is 11.1. The maximum atomic E-state index is 13.5. The fraction of sp³-hybridized carbons (Fsp3) is 0.333. The first kappa shape index (κ1) is 20.4. The molecule has 0 unspecified atom stereocenters. The second kappa shape index (κ2) is 10.3. The van der Waals surface area contributed by atoms with Crippen LogP contribution in [0.5, 0.6) is 0 Å². The van der Waals surface area contributed by atoms with E-state index in [1.165, 1.54) is 23.9 Å². The van der Waals surface area contributed by atoms with Gasteiger partial charge in [-0.1, -0.05) is 0 Å². The normalized spacial score (nSPS) is 10.3. The van der Waals surface area contributed by atoms with Gasteiger partial charge in [0.05, 0.1) is 18.8 Å². The highest BCUT2D eigenvalue weighted by atomic mass is 35.5. The van der Waals surface area contributed by atoms with Crippen LogP contribution in [0.15, 0.2) is 40.6 Å². The molecule has 0 saturated carbocycles. The van der Waals surface area contributed by atoms with Gasteiger partial charge in [-0.15, -0.1) is 12.4 Å². The van der Waals surface area contributed by atoms with E-state index in [9.17, 15) is 9.18 Å². The molecule has 132 valence electrons. The van der Waals surface area contributed by atoms with Gasteiger partial charge < -0.3 is 19.9 Å². The van der Waals surface area contributed by atoms with Crippen LogP contribution in [0, 0.1) is 5.82 Å². The van der Waals surface area contributed by atoms with E-state index in [1.807, 2.05) is 17.8 Å². The van der Waals surface area contributed by atoms with Gasteiger partial charge in [0.1, 0.15) is 5.82 Å². The van der Waals surface area contributed by atoms with E-state index in [1.54, 1.807) is 19.4 Å². The molecule has 0 aliphatic rings. The van der Waals surface area contributed by atoms with Crippen molar-refractivity contribution in [2.45, 2.75) is 10.1 Å². The number of ether oxygens (including phenoxy) is 1. The van der Waals surface area contributed by atoms with E-state index in [-0.39, 0.29) is 24.9 Å². The largest absolute Gasteiger partial charge is 0.383 e. The number of aromatic nitrogens is 2. The van der Waals surface area contributed by atoms with Crippen molar-refractivity contribution in [3.8, 4) is 0 Å². The van der Waals surface area contributed by atoms with Crippen LogP contribution < -0.4 is 10.6 Å². The predicted molar refractivity (Wildman–Crippen MR) is 94.4 cm³/mol. The third kappa shape index (κ3) is 6.12. The Balaban J connectivity index is 0.00000288. The van der Waals surface area contributed by atoms with Crippen molar-refractivity contribution in [3.63, 3.8) is 0 Å². The van der Waals surface area contributed by atoms with Crippen LogP contribution in [0.3, 0.4) is 0 Å². The number of imidazole rings is 1. The average molecular weight is 375 g/mol. The molecule has 0 fully saturated rings. The molecule has 0 bridgehead atoms. The van der Waals surface area contributed by atoms with E-state index in [2.05, 4.69) is 15.6 Å². The van der Waals surface area contributed by atoms with Gasteiger partial charge in [0.25, 0.3) is 0 Å². The monoisotopic (exact) mass is 374 g/mol. The van der Waals surface area contributed by atoms with E-state index < -0.39 is 5.82 Å². The molecular weight excluding hydrogens is 355 g/mol. The van der Waals surface area contributed by atoms with E-state index in [0.717, 1.165) is 10.1 Å². The number of amides is 1. The summed E-state index contributed by atoms with van der Waals surface area (Å²) < 4.78 is 20.2. The van der Waals surface area contributed by atoms with Crippen LogP contribution >= 0.6 is 24.2 Å². The van der Waals surface area contributed by atoms with Crippen molar-refractivity contribution in [2.75, 3.05) is 32.1 Å². The number of nitrogens with zero attached hydrogens (tertiary/aromatic N) is 2. The molecule has 2 rings (SSSR count). The number of benzene rings is 1. The summed E-state index contributed by atoms with van der Waals surface area (Å²) in [5.74, 6) is -0.648. The van der Waals surface area contributed by atoms with Crippen molar-refractivity contribution < 1.29 is 13.9 Å². The van der Waals surface area contributed by atoms with Crippen molar-refractivity contribution >= 4 is 35.8 Å². The van der Waals surface area contributed by atoms with Crippen LogP contribution in [-0.4, -0.2) is 42.3 Å². The molecule has 0 saturated heterocycles. The van der Waals surface area contributed by atoms with Crippen LogP contribution in [-0.2, 0) is 16.6 Å². The summed E-state index contributed by atoms with van der Waals surface area (Å²) in [5.41, 5.74) is 0.427. The molecule has 1 heterocycles. The van der Waals surface area contributed by atoms with E-state index >= 15 is 0 Å². The third-order valence-electron chi connectivity index (χ3n) is 2.96. The highest BCUT2D eigenvalue weighted by molar-refractivity contribution is 7.99. The Labute approximate surface area is 150 Å². The van der Waals surface area contributed by atoms with Gasteiger partial charge in [-0.25, -0.2) is 9.37 Å². The third-order valence-corrected chi connectivity index (χ3v) is 4.11. The van der Waals surface area contributed by atoms with Gasteiger partial charge >= 0.3 is 0 Å². The Morgan fingerprint density at radius 1 is 1.46 bits per heavy atom. The lowest BCUT2D eigenvalue weighted by Gasteiger charge is -2.11. The lowest BCUT2D eigenvalue weighted by molar-refractivity contribution is -0.115. The Kier molecular flexibility index (Phi) is 8.77. The van der Waals surface area contributed by atoms with Gasteiger partial charge in [0.2, 0.25) is 5.91 Å². The molecule has 0 radical (unpaired) electrons. The molecule has 1 aromatic carbocycles. The number of carbonyl (C=O) groups excluding carboxylic acids is 1. The number of aryl methyl sites for hydroxylation is 1. The van der Waals surface area contributed by atoms with Gasteiger partial charge in [-0.3, -0.25) is 4.79 Å². The lowest BCUT2D eigenvalue weighted by atomic mass is 10.3. The average Bonchev–Trinajstić information content (AvgIpc) is 2.92. The second-order valence-electron chi connectivity index (χ2n) is 4.78. The molecule has 9 heteroatoms. The minimum Gasteiger partial charge on any atom is -0.383 e. The maximum Gasteiger partial charge on any atom is 0.238 e. The van der Waals surface area contributed by atoms with Crippen LogP contribution in [0.4, 0.5) is 10.1 Å². The summed E-state index contributed by atoms with van der Waals surface area (Å²) in [6, 6.07) is 4.29. The molecule has 1 amide bonds. The number of hydrogen-bond donors (Lipinski definition) is 2. The smallest absolute Gasteiger partial charge is 0.238 e. The zero-order valence-electron chi connectivity index (χ0n) is 13.4. The minimum absolute atomic E-state index is 0. The van der Waals surface area contributed by atoms with Gasteiger partial charge in [0.15, 0.2) is 5.16 Å². The van der Waals surface area contributed by atoms with Crippen LogP contribution in [0.1, 0.15) is 0 Å². The van der Waals surface area contributed by atoms with Crippen LogP contribution in [0.25, 0.3) is 0 Å². The SMILES string of the molecule is COCCNCC(=O)Nc1cc(F)ccc1Sc1nccn1C.Cl. The predicted octanol–water partition coefficient (Wildman–Crippen LogP) is 2.31. The molecule has 0 aliphatic carbocycles.